The molecule has 4 rings (SSSR count). The van der Waals surface area contributed by atoms with Crippen LogP contribution in [0.1, 0.15) is 134 Å². The highest BCUT2D eigenvalue weighted by Crippen LogP contribution is 2.46. The Balaban J connectivity index is 1.29. The second-order valence-electron chi connectivity index (χ2n) is 16.4. The lowest BCUT2D eigenvalue weighted by Gasteiger charge is -2.32. The fourth-order valence-electron chi connectivity index (χ4n) is 8.69. The lowest BCUT2D eigenvalue weighted by atomic mass is 9.80. The number of aromatic nitrogens is 2. The molecule has 2 aliphatic rings. The number of hydrogen-bond acceptors (Lipinski definition) is 6. The van der Waals surface area contributed by atoms with Gasteiger partial charge in [-0.1, -0.05) is 71.4 Å². The van der Waals surface area contributed by atoms with Gasteiger partial charge in [-0.05, 0) is 130 Å². The van der Waals surface area contributed by atoms with Crippen molar-refractivity contribution in [2.45, 2.75) is 154 Å². The van der Waals surface area contributed by atoms with Gasteiger partial charge in [0.15, 0.2) is 0 Å². The van der Waals surface area contributed by atoms with Gasteiger partial charge >= 0.3 is 5.97 Å². The molecule has 8 nitrogen and oxygen atoms in total. The Labute approximate surface area is 301 Å². The normalized spacial score (nSPS) is 26.4. The van der Waals surface area contributed by atoms with E-state index in [2.05, 4.69) is 55.2 Å². The molecule has 2 aromatic heterocycles. The molecule has 8 atom stereocenters. The van der Waals surface area contributed by atoms with E-state index >= 15 is 0 Å². The molecule has 1 saturated carbocycles. The molecule has 1 fully saturated rings. The Morgan fingerprint density at radius 2 is 1.82 bits per heavy atom. The van der Waals surface area contributed by atoms with Crippen molar-refractivity contribution in [2.24, 2.45) is 35.5 Å². The van der Waals surface area contributed by atoms with Crippen molar-refractivity contribution in [3.05, 3.63) is 59.6 Å². The summed E-state index contributed by atoms with van der Waals surface area (Å²) in [5.74, 6) is 0.203. The van der Waals surface area contributed by atoms with Crippen LogP contribution in [0.2, 0.25) is 0 Å². The molecule has 280 valence electrons. The molecule has 2 aliphatic carbocycles. The number of allylic oxidation sites excluding steroid dienone is 1. The van der Waals surface area contributed by atoms with Gasteiger partial charge in [0.1, 0.15) is 5.82 Å². The largest absolute Gasteiger partial charge is 0.481 e. The van der Waals surface area contributed by atoms with E-state index in [1.807, 2.05) is 12.1 Å². The average Bonchev–Trinajstić information content (AvgIpc) is 3.64. The summed E-state index contributed by atoms with van der Waals surface area (Å²) < 4.78 is 0. The van der Waals surface area contributed by atoms with Gasteiger partial charge in [-0.15, -0.1) is 0 Å². The Kier molecular flexibility index (Phi) is 15.9. The predicted molar refractivity (Wildman–Crippen MR) is 202 cm³/mol. The number of carbonyl (C=O) groups is 1. The van der Waals surface area contributed by atoms with Crippen molar-refractivity contribution < 1.29 is 25.2 Å². The fourth-order valence-corrected chi connectivity index (χ4v) is 8.69. The predicted octanol–water partition coefficient (Wildman–Crippen LogP) is 8.05. The van der Waals surface area contributed by atoms with Gasteiger partial charge < -0.3 is 31.1 Å². The zero-order chi connectivity index (χ0) is 36.1. The molecule has 8 heteroatoms. The van der Waals surface area contributed by atoms with Gasteiger partial charge in [-0.2, -0.15) is 0 Å². The van der Waals surface area contributed by atoms with Crippen LogP contribution in [0.15, 0.2) is 42.7 Å². The number of carboxylic acid groups (broad SMARTS) is 1. The molecule has 50 heavy (non-hydrogen) atoms. The van der Waals surface area contributed by atoms with E-state index in [-0.39, 0.29) is 30.3 Å². The van der Waals surface area contributed by atoms with Gasteiger partial charge in [0.25, 0.3) is 0 Å². The first-order valence-corrected chi connectivity index (χ1v) is 19.8. The maximum atomic E-state index is 12.3. The van der Waals surface area contributed by atoms with Crippen molar-refractivity contribution in [3.8, 4) is 0 Å². The smallest absolute Gasteiger partial charge is 0.309 e. The number of aliphatic hydroxyl groups excluding tert-OH is 2. The Bertz CT molecular complexity index is 1330. The molecule has 0 saturated heterocycles. The highest BCUT2D eigenvalue weighted by molar-refractivity contribution is 5.70. The number of nitrogen functional groups attached to an aromatic ring is 1. The molecule has 0 aliphatic heterocycles. The molecule has 0 amide bonds. The number of hydrogen-bond donors (Lipinski definition) is 6. The lowest BCUT2D eigenvalue weighted by Crippen LogP contribution is -2.37. The maximum absolute atomic E-state index is 12.3. The summed E-state index contributed by atoms with van der Waals surface area (Å²) in [7, 11) is 0. The molecule has 7 N–H and O–H groups in total. The number of nitrogens with two attached hydrogens (primary N) is 1. The van der Waals surface area contributed by atoms with E-state index in [1.165, 1.54) is 24.8 Å². The molecular formula is C42H67N3O5. The summed E-state index contributed by atoms with van der Waals surface area (Å²) in [4.78, 5) is 19.9. The number of aryl methyl sites for hydroxylation is 1. The monoisotopic (exact) mass is 694 g/mol. The van der Waals surface area contributed by atoms with Crippen LogP contribution in [-0.2, 0) is 24.1 Å². The van der Waals surface area contributed by atoms with Crippen molar-refractivity contribution in [1.82, 2.24) is 9.97 Å². The first kappa shape index (κ1) is 40.1. The summed E-state index contributed by atoms with van der Waals surface area (Å²) in [6.07, 6.45) is 22.2. The van der Waals surface area contributed by atoms with Crippen LogP contribution in [-0.4, -0.2) is 54.2 Å². The van der Waals surface area contributed by atoms with Crippen molar-refractivity contribution >= 4 is 11.8 Å². The third-order valence-electron chi connectivity index (χ3n) is 11.7. The number of carboxylic acids is 1. The third kappa shape index (κ3) is 12.5. The Hall–Kier alpha value is -2.68. The number of H-pyrrole nitrogens is 1. The topological polar surface area (TPSA) is 153 Å². The maximum Gasteiger partial charge on any atom is 0.309 e. The number of nitrogens with one attached hydrogen (secondary N) is 1. The first-order valence-electron chi connectivity index (χ1n) is 19.8. The highest BCUT2D eigenvalue weighted by atomic mass is 16.4. The molecule has 0 spiro atoms. The third-order valence-corrected chi connectivity index (χ3v) is 11.7. The molecular weight excluding hydrogens is 626 g/mol. The number of aromatic amines is 1. The summed E-state index contributed by atoms with van der Waals surface area (Å²) in [5, 5.41) is 44.2. The highest BCUT2D eigenvalue weighted by Gasteiger charge is 2.46. The van der Waals surface area contributed by atoms with Crippen LogP contribution in [0.5, 0.6) is 0 Å². The van der Waals surface area contributed by atoms with E-state index < -0.39 is 23.6 Å². The number of unbranched alkanes of at least 4 members (excludes halogenated alkanes) is 4. The van der Waals surface area contributed by atoms with Gasteiger partial charge in [-0.3, -0.25) is 4.79 Å². The number of nitrogens with zero attached hydrogens (tertiary/aromatic N) is 1. The van der Waals surface area contributed by atoms with Crippen molar-refractivity contribution in [1.29, 1.82) is 0 Å². The van der Waals surface area contributed by atoms with E-state index in [1.54, 1.807) is 6.20 Å². The van der Waals surface area contributed by atoms with Crippen molar-refractivity contribution in [2.75, 3.05) is 5.73 Å². The van der Waals surface area contributed by atoms with E-state index in [4.69, 9.17) is 5.73 Å². The van der Waals surface area contributed by atoms with E-state index in [0.717, 1.165) is 81.9 Å². The second kappa shape index (κ2) is 19.8. The number of rotatable bonds is 22. The fraction of sp³-hybridized carbons (Fsp3) is 0.714. The molecule has 2 aromatic rings. The molecule has 8 unspecified atom stereocenters. The van der Waals surface area contributed by atoms with Crippen LogP contribution in [0, 0.1) is 35.5 Å². The van der Waals surface area contributed by atoms with Gasteiger partial charge in [-0.25, -0.2) is 4.98 Å². The minimum absolute atomic E-state index is 0.00503. The van der Waals surface area contributed by atoms with Crippen LogP contribution in [0.4, 0.5) is 5.82 Å². The van der Waals surface area contributed by atoms with Crippen molar-refractivity contribution in [3.63, 3.8) is 0 Å². The van der Waals surface area contributed by atoms with E-state index in [0.29, 0.717) is 36.9 Å². The zero-order valence-corrected chi connectivity index (χ0v) is 31.1. The van der Waals surface area contributed by atoms with Crippen LogP contribution in [0.25, 0.3) is 0 Å². The minimum atomic E-state index is -1.02. The van der Waals surface area contributed by atoms with Crippen LogP contribution >= 0.6 is 0 Å². The quantitative estimate of drug-likeness (QED) is 0.0539. The number of pyridine rings is 1. The molecule has 0 aromatic carbocycles. The average molecular weight is 694 g/mol. The summed E-state index contributed by atoms with van der Waals surface area (Å²) in [6.45, 7) is 6.68. The first-order chi connectivity index (χ1) is 24.0. The molecule has 0 radical (unpaired) electrons. The van der Waals surface area contributed by atoms with Crippen LogP contribution in [0.3, 0.4) is 0 Å². The Morgan fingerprint density at radius 3 is 2.54 bits per heavy atom. The number of aliphatic carboxylic acids is 1. The molecule has 0 bridgehead atoms. The Morgan fingerprint density at radius 1 is 1.02 bits per heavy atom. The van der Waals surface area contributed by atoms with Gasteiger partial charge in [0.05, 0.1) is 23.7 Å². The van der Waals surface area contributed by atoms with Gasteiger partial charge in [0.2, 0.25) is 0 Å². The lowest BCUT2D eigenvalue weighted by molar-refractivity contribution is -0.146. The second-order valence-corrected chi connectivity index (χ2v) is 16.4. The standard InChI is InChI=1S/C42H67N3O5/c1-4-5-7-10-30-15-16-34(39(47)24-30)11-8-6-9-12-37(41(48)49)38(46)17-19-42(50)27-33(21-31-18-20-44-40(43)25-31)22-35(42)26-36-23-32(28-45-36)14-13-29(2)3/h15-16,18,20,23,25,28-30,33-35,37-39,45-47,50H,4-14,17,19,21-22,24,26-27H2,1-3H3,(H2,43,44)(H,48,49). The molecule has 2 heterocycles. The zero-order valence-electron chi connectivity index (χ0n) is 31.1. The number of aliphatic hydroxyl groups is 3. The minimum Gasteiger partial charge on any atom is -0.481 e. The SMILES string of the molecule is CCCCCC1C=CC(CCCCCC(C(=O)O)C(O)CCC2(O)CC(Cc3ccnc(N)c3)CC2Cc2cc(CCC(C)C)c[nH]2)C(O)C1. The summed E-state index contributed by atoms with van der Waals surface area (Å²) in [5.41, 5.74) is 8.47. The number of anilines is 1. The van der Waals surface area contributed by atoms with E-state index in [9.17, 15) is 25.2 Å². The summed E-state index contributed by atoms with van der Waals surface area (Å²) in [6, 6.07) is 6.11. The van der Waals surface area contributed by atoms with Crippen LogP contribution < -0.4 is 5.73 Å². The van der Waals surface area contributed by atoms with Gasteiger partial charge in [0, 0.05) is 24.0 Å². The summed E-state index contributed by atoms with van der Waals surface area (Å²) >= 11 is 0.